The van der Waals surface area contributed by atoms with Crippen molar-refractivity contribution in [2.75, 3.05) is 6.54 Å². The van der Waals surface area contributed by atoms with Crippen molar-refractivity contribution in [3.8, 4) is 0 Å². The first-order valence-electron chi connectivity index (χ1n) is 2.93. The fourth-order valence-corrected chi connectivity index (χ4v) is 0.767. The molecule has 0 saturated carbocycles. The van der Waals surface area contributed by atoms with Crippen molar-refractivity contribution >= 4 is 0 Å². The first kappa shape index (κ1) is 5.48. The van der Waals surface area contributed by atoms with E-state index in [4.69, 9.17) is 0 Å². The Balaban J connectivity index is 2.36. The van der Waals surface area contributed by atoms with Gasteiger partial charge < -0.3 is 0 Å². The lowest BCUT2D eigenvalue weighted by molar-refractivity contribution is 0.830. The van der Waals surface area contributed by atoms with Crippen LogP contribution >= 0.6 is 0 Å². The van der Waals surface area contributed by atoms with Crippen LogP contribution in [0.5, 0.6) is 0 Å². The molecule has 1 heterocycles. The standard InChI is InChI=1S/C6H10N2/c1-2-3-6-4-5-7-8-6/h2-3,6H,4-5H2,1H3/b3-2+. The van der Waals surface area contributed by atoms with Gasteiger partial charge in [-0.25, -0.2) is 0 Å². The minimum atomic E-state index is 0.389. The Morgan fingerprint density at radius 3 is 3.00 bits per heavy atom. The quantitative estimate of drug-likeness (QED) is 0.460. The smallest absolute Gasteiger partial charge is 0.0906 e. The Bertz CT molecular complexity index is 116. The van der Waals surface area contributed by atoms with Crippen LogP contribution in [-0.2, 0) is 0 Å². The number of allylic oxidation sites excluding steroid dienone is 1. The first-order chi connectivity index (χ1) is 3.93. The van der Waals surface area contributed by atoms with Crippen LogP contribution in [0.2, 0.25) is 0 Å². The van der Waals surface area contributed by atoms with Gasteiger partial charge in [0.15, 0.2) is 0 Å². The van der Waals surface area contributed by atoms with Gasteiger partial charge in [-0.2, -0.15) is 10.2 Å². The fourth-order valence-electron chi connectivity index (χ4n) is 0.767. The third kappa shape index (κ3) is 1.15. The molecule has 0 aromatic rings. The second kappa shape index (κ2) is 2.60. The van der Waals surface area contributed by atoms with Gasteiger partial charge in [-0.05, 0) is 13.3 Å². The molecule has 1 unspecified atom stereocenters. The summed E-state index contributed by atoms with van der Waals surface area (Å²) in [6.07, 6.45) is 5.20. The van der Waals surface area contributed by atoms with Crippen molar-refractivity contribution in [1.29, 1.82) is 0 Å². The molecule has 0 saturated heterocycles. The van der Waals surface area contributed by atoms with Crippen LogP contribution in [0.4, 0.5) is 0 Å². The summed E-state index contributed by atoms with van der Waals surface area (Å²) in [6, 6.07) is 0.389. The van der Waals surface area contributed by atoms with Crippen molar-refractivity contribution in [3.63, 3.8) is 0 Å². The summed E-state index contributed by atoms with van der Waals surface area (Å²) in [5, 5.41) is 7.82. The summed E-state index contributed by atoms with van der Waals surface area (Å²) in [5.41, 5.74) is 0. The fraction of sp³-hybridized carbons (Fsp3) is 0.667. The molecule has 0 amide bonds. The molecule has 0 N–H and O–H groups in total. The van der Waals surface area contributed by atoms with E-state index >= 15 is 0 Å². The average molecular weight is 110 g/mol. The van der Waals surface area contributed by atoms with Gasteiger partial charge in [-0.3, -0.25) is 0 Å². The van der Waals surface area contributed by atoms with Crippen LogP contribution < -0.4 is 0 Å². The molecule has 0 bridgehead atoms. The highest BCUT2D eigenvalue weighted by Gasteiger charge is 2.05. The molecule has 0 aromatic heterocycles. The molecule has 2 nitrogen and oxygen atoms in total. The summed E-state index contributed by atoms with van der Waals surface area (Å²) >= 11 is 0. The van der Waals surface area contributed by atoms with E-state index in [1.54, 1.807) is 0 Å². The lowest BCUT2D eigenvalue weighted by Crippen LogP contribution is -1.92. The number of rotatable bonds is 1. The molecule has 44 valence electrons. The van der Waals surface area contributed by atoms with Gasteiger partial charge in [0.2, 0.25) is 0 Å². The van der Waals surface area contributed by atoms with Crippen LogP contribution in [0.25, 0.3) is 0 Å². The van der Waals surface area contributed by atoms with Gasteiger partial charge in [-0.1, -0.05) is 12.2 Å². The number of hydrogen-bond donors (Lipinski definition) is 0. The second-order valence-electron chi connectivity index (χ2n) is 1.86. The Morgan fingerprint density at radius 1 is 1.62 bits per heavy atom. The zero-order valence-electron chi connectivity index (χ0n) is 5.04. The van der Waals surface area contributed by atoms with E-state index in [-0.39, 0.29) is 0 Å². The summed E-state index contributed by atoms with van der Waals surface area (Å²) in [4.78, 5) is 0. The zero-order valence-corrected chi connectivity index (χ0v) is 5.04. The third-order valence-electron chi connectivity index (χ3n) is 1.17. The second-order valence-corrected chi connectivity index (χ2v) is 1.86. The van der Waals surface area contributed by atoms with Crippen LogP contribution in [0.15, 0.2) is 22.4 Å². The Hall–Kier alpha value is -0.660. The van der Waals surface area contributed by atoms with E-state index in [0.29, 0.717) is 6.04 Å². The van der Waals surface area contributed by atoms with Crippen molar-refractivity contribution in [3.05, 3.63) is 12.2 Å². The van der Waals surface area contributed by atoms with Crippen molar-refractivity contribution < 1.29 is 0 Å². The maximum Gasteiger partial charge on any atom is 0.0906 e. The lowest BCUT2D eigenvalue weighted by Gasteiger charge is -1.90. The number of hydrogen-bond acceptors (Lipinski definition) is 2. The molecule has 1 aliphatic rings. The minimum Gasteiger partial charge on any atom is -0.194 e. The Labute approximate surface area is 49.3 Å². The maximum atomic E-state index is 3.96. The van der Waals surface area contributed by atoms with Gasteiger partial charge in [-0.15, -0.1) is 0 Å². The van der Waals surface area contributed by atoms with Gasteiger partial charge in [0.1, 0.15) is 0 Å². The van der Waals surface area contributed by atoms with Crippen LogP contribution in [0, 0.1) is 0 Å². The van der Waals surface area contributed by atoms with Crippen LogP contribution in [0.3, 0.4) is 0 Å². The van der Waals surface area contributed by atoms with Crippen molar-refractivity contribution in [2.45, 2.75) is 19.4 Å². The molecule has 2 heteroatoms. The first-order valence-corrected chi connectivity index (χ1v) is 2.93. The van der Waals surface area contributed by atoms with Crippen LogP contribution in [0.1, 0.15) is 13.3 Å². The van der Waals surface area contributed by atoms with Gasteiger partial charge in [0, 0.05) is 0 Å². The van der Waals surface area contributed by atoms with E-state index in [1.165, 1.54) is 0 Å². The highest BCUT2D eigenvalue weighted by molar-refractivity contribution is 4.92. The Morgan fingerprint density at radius 2 is 2.50 bits per heavy atom. The van der Waals surface area contributed by atoms with Crippen molar-refractivity contribution in [2.24, 2.45) is 10.2 Å². The largest absolute Gasteiger partial charge is 0.194 e. The zero-order chi connectivity index (χ0) is 5.82. The van der Waals surface area contributed by atoms with E-state index < -0.39 is 0 Å². The topological polar surface area (TPSA) is 24.7 Å². The van der Waals surface area contributed by atoms with E-state index in [9.17, 15) is 0 Å². The maximum absolute atomic E-state index is 3.96. The summed E-state index contributed by atoms with van der Waals surface area (Å²) in [7, 11) is 0. The monoisotopic (exact) mass is 110 g/mol. The molecule has 8 heavy (non-hydrogen) atoms. The van der Waals surface area contributed by atoms with E-state index in [2.05, 4.69) is 16.3 Å². The summed E-state index contributed by atoms with van der Waals surface area (Å²) < 4.78 is 0. The third-order valence-corrected chi connectivity index (χ3v) is 1.17. The summed E-state index contributed by atoms with van der Waals surface area (Å²) in [6.45, 7) is 2.92. The van der Waals surface area contributed by atoms with Gasteiger partial charge in [0.25, 0.3) is 0 Å². The molecule has 1 rings (SSSR count). The molecule has 1 aliphatic heterocycles. The van der Waals surface area contributed by atoms with E-state index in [1.807, 2.05) is 13.0 Å². The minimum absolute atomic E-state index is 0.389. The molecule has 0 radical (unpaired) electrons. The molecule has 0 fully saturated rings. The molecular weight excluding hydrogens is 100 g/mol. The molecule has 0 spiro atoms. The van der Waals surface area contributed by atoms with Crippen LogP contribution in [-0.4, -0.2) is 12.6 Å². The van der Waals surface area contributed by atoms with Gasteiger partial charge in [0.05, 0.1) is 12.6 Å². The SMILES string of the molecule is C/C=C/C1CCN=N1. The number of azo groups is 1. The molecule has 0 aliphatic carbocycles. The summed E-state index contributed by atoms with van der Waals surface area (Å²) in [5.74, 6) is 0. The normalized spacial score (nSPS) is 27.9. The predicted octanol–water partition coefficient (Wildman–Crippen LogP) is 1.79. The molecular formula is C6H10N2. The average Bonchev–Trinajstić information content (AvgIpc) is 2.19. The van der Waals surface area contributed by atoms with E-state index in [0.717, 1.165) is 13.0 Å². The number of nitrogens with zero attached hydrogens (tertiary/aromatic N) is 2. The van der Waals surface area contributed by atoms with Gasteiger partial charge >= 0.3 is 0 Å². The highest BCUT2D eigenvalue weighted by Crippen LogP contribution is 2.07. The predicted molar refractivity (Wildman–Crippen MR) is 32.9 cm³/mol. The van der Waals surface area contributed by atoms with Crippen molar-refractivity contribution in [1.82, 2.24) is 0 Å². The molecule has 0 aromatic carbocycles. The molecule has 1 atom stereocenters. The lowest BCUT2D eigenvalue weighted by atomic mass is 10.2. The Kier molecular flexibility index (Phi) is 1.78. The highest BCUT2D eigenvalue weighted by atomic mass is 15.1.